The van der Waals surface area contributed by atoms with Crippen LogP contribution in [0, 0.1) is 5.92 Å². The third kappa shape index (κ3) is 1.96. The number of hydrogen-bond donors (Lipinski definition) is 1. The standard InChI is InChI=1S/C12H22O2/c1-14-12(7-4-8-12)9-11(13)10-5-2-3-6-10/h10-11,13H,2-9H2,1H3. The number of aliphatic hydroxyl groups is 1. The molecule has 2 nitrogen and oxygen atoms in total. The van der Waals surface area contributed by atoms with E-state index in [1.807, 2.05) is 0 Å². The van der Waals surface area contributed by atoms with Crippen LogP contribution in [0.2, 0.25) is 0 Å². The third-order valence-corrected chi connectivity index (χ3v) is 4.22. The largest absolute Gasteiger partial charge is 0.393 e. The van der Waals surface area contributed by atoms with Crippen molar-refractivity contribution in [2.75, 3.05) is 7.11 Å². The molecule has 82 valence electrons. The number of methoxy groups -OCH3 is 1. The molecule has 0 aromatic carbocycles. The summed E-state index contributed by atoms with van der Waals surface area (Å²) in [6.45, 7) is 0. The first-order valence-electron chi connectivity index (χ1n) is 5.99. The molecule has 2 aliphatic carbocycles. The minimum absolute atomic E-state index is 0.0437. The van der Waals surface area contributed by atoms with E-state index in [4.69, 9.17) is 4.74 Å². The smallest absolute Gasteiger partial charge is 0.0703 e. The highest BCUT2D eigenvalue weighted by atomic mass is 16.5. The summed E-state index contributed by atoms with van der Waals surface area (Å²) in [4.78, 5) is 0. The second-order valence-electron chi connectivity index (χ2n) is 5.06. The Bertz CT molecular complexity index is 175. The summed E-state index contributed by atoms with van der Waals surface area (Å²) >= 11 is 0. The van der Waals surface area contributed by atoms with E-state index < -0.39 is 0 Å². The van der Waals surface area contributed by atoms with Gasteiger partial charge in [0.1, 0.15) is 0 Å². The predicted octanol–water partition coefficient (Wildman–Crippen LogP) is 2.50. The van der Waals surface area contributed by atoms with Crippen molar-refractivity contribution in [3.05, 3.63) is 0 Å². The molecule has 0 aliphatic heterocycles. The van der Waals surface area contributed by atoms with Gasteiger partial charge in [0.15, 0.2) is 0 Å². The van der Waals surface area contributed by atoms with Crippen molar-refractivity contribution >= 4 is 0 Å². The van der Waals surface area contributed by atoms with Crippen LogP contribution in [0.5, 0.6) is 0 Å². The summed E-state index contributed by atoms with van der Waals surface area (Å²) in [6.07, 6.45) is 9.38. The molecular formula is C12H22O2. The van der Waals surface area contributed by atoms with Crippen molar-refractivity contribution < 1.29 is 9.84 Å². The highest BCUT2D eigenvalue weighted by molar-refractivity contribution is 4.93. The van der Waals surface area contributed by atoms with Gasteiger partial charge in [-0.15, -0.1) is 0 Å². The Morgan fingerprint density at radius 3 is 2.36 bits per heavy atom. The fourth-order valence-corrected chi connectivity index (χ4v) is 2.95. The molecule has 0 aromatic heterocycles. The Morgan fingerprint density at radius 2 is 1.93 bits per heavy atom. The van der Waals surface area contributed by atoms with Gasteiger partial charge in [-0.2, -0.15) is 0 Å². The normalized spacial score (nSPS) is 28.7. The molecule has 1 atom stereocenters. The fraction of sp³-hybridized carbons (Fsp3) is 1.00. The Hall–Kier alpha value is -0.0800. The second kappa shape index (κ2) is 4.19. The highest BCUT2D eigenvalue weighted by Crippen LogP contribution is 2.41. The van der Waals surface area contributed by atoms with Gasteiger partial charge in [0.2, 0.25) is 0 Å². The second-order valence-corrected chi connectivity index (χ2v) is 5.06. The maximum absolute atomic E-state index is 10.1. The van der Waals surface area contributed by atoms with E-state index in [-0.39, 0.29) is 11.7 Å². The zero-order valence-corrected chi connectivity index (χ0v) is 9.17. The SMILES string of the molecule is COC1(CC(O)C2CCCC2)CCC1. The van der Waals surface area contributed by atoms with Crippen molar-refractivity contribution in [1.29, 1.82) is 0 Å². The monoisotopic (exact) mass is 198 g/mol. The topological polar surface area (TPSA) is 29.5 Å². The maximum atomic E-state index is 10.1. The fourth-order valence-electron chi connectivity index (χ4n) is 2.95. The van der Waals surface area contributed by atoms with Gasteiger partial charge < -0.3 is 9.84 Å². The molecule has 0 amide bonds. The lowest BCUT2D eigenvalue weighted by Crippen LogP contribution is -2.43. The third-order valence-electron chi connectivity index (χ3n) is 4.22. The van der Waals surface area contributed by atoms with Crippen LogP contribution in [0.4, 0.5) is 0 Å². The molecule has 1 unspecified atom stereocenters. The lowest BCUT2D eigenvalue weighted by Gasteiger charge is -2.42. The lowest BCUT2D eigenvalue weighted by atomic mass is 9.74. The maximum Gasteiger partial charge on any atom is 0.0703 e. The number of rotatable bonds is 4. The van der Waals surface area contributed by atoms with E-state index in [0.29, 0.717) is 5.92 Å². The molecule has 2 rings (SSSR count). The summed E-state index contributed by atoms with van der Waals surface area (Å²) in [6, 6.07) is 0. The van der Waals surface area contributed by atoms with E-state index in [2.05, 4.69) is 0 Å². The number of aliphatic hydroxyl groups excluding tert-OH is 1. The molecule has 2 heteroatoms. The first-order chi connectivity index (χ1) is 6.76. The number of ether oxygens (including phenoxy) is 1. The first-order valence-corrected chi connectivity index (χ1v) is 5.99. The van der Waals surface area contributed by atoms with Crippen molar-refractivity contribution in [2.24, 2.45) is 5.92 Å². The van der Waals surface area contributed by atoms with Gasteiger partial charge in [0, 0.05) is 13.5 Å². The van der Waals surface area contributed by atoms with Gasteiger partial charge in [-0.1, -0.05) is 12.8 Å². The molecule has 0 radical (unpaired) electrons. The van der Waals surface area contributed by atoms with Crippen LogP contribution in [0.1, 0.15) is 51.4 Å². The molecule has 2 fully saturated rings. The van der Waals surface area contributed by atoms with Gasteiger partial charge in [-0.3, -0.25) is 0 Å². The molecule has 14 heavy (non-hydrogen) atoms. The summed E-state index contributed by atoms with van der Waals surface area (Å²) in [5, 5.41) is 10.1. The Balaban J connectivity index is 1.83. The zero-order valence-electron chi connectivity index (χ0n) is 9.17. The zero-order chi connectivity index (χ0) is 10.0. The van der Waals surface area contributed by atoms with Crippen LogP contribution in [0.15, 0.2) is 0 Å². The lowest BCUT2D eigenvalue weighted by molar-refractivity contribution is -0.106. The predicted molar refractivity (Wildman–Crippen MR) is 56.2 cm³/mol. The molecule has 1 N–H and O–H groups in total. The van der Waals surface area contributed by atoms with Crippen LogP contribution in [0.3, 0.4) is 0 Å². The summed E-state index contributed by atoms with van der Waals surface area (Å²) in [5.74, 6) is 0.558. The van der Waals surface area contributed by atoms with Gasteiger partial charge in [0.25, 0.3) is 0 Å². The van der Waals surface area contributed by atoms with Gasteiger partial charge >= 0.3 is 0 Å². The van der Waals surface area contributed by atoms with Crippen LogP contribution in [-0.2, 0) is 4.74 Å². The molecule has 2 aliphatic rings. The summed E-state index contributed by atoms with van der Waals surface area (Å²) in [7, 11) is 1.79. The molecule has 0 aromatic rings. The molecular weight excluding hydrogens is 176 g/mol. The van der Waals surface area contributed by atoms with Gasteiger partial charge in [0.05, 0.1) is 11.7 Å². The van der Waals surface area contributed by atoms with Crippen molar-refractivity contribution in [1.82, 2.24) is 0 Å². The average Bonchev–Trinajstić information content (AvgIpc) is 2.63. The molecule has 0 bridgehead atoms. The minimum Gasteiger partial charge on any atom is -0.393 e. The van der Waals surface area contributed by atoms with E-state index in [9.17, 15) is 5.11 Å². The highest BCUT2D eigenvalue weighted by Gasteiger charge is 2.40. The van der Waals surface area contributed by atoms with Gasteiger partial charge in [-0.25, -0.2) is 0 Å². The van der Waals surface area contributed by atoms with Crippen molar-refractivity contribution in [3.63, 3.8) is 0 Å². The summed E-state index contributed by atoms with van der Waals surface area (Å²) in [5.41, 5.74) is 0.0437. The Morgan fingerprint density at radius 1 is 1.29 bits per heavy atom. The van der Waals surface area contributed by atoms with Crippen molar-refractivity contribution in [3.8, 4) is 0 Å². The molecule has 0 saturated heterocycles. The van der Waals surface area contributed by atoms with E-state index >= 15 is 0 Å². The molecule has 2 saturated carbocycles. The Kier molecular flexibility index (Phi) is 3.13. The number of hydrogen-bond acceptors (Lipinski definition) is 2. The summed E-state index contributed by atoms with van der Waals surface area (Å²) < 4.78 is 5.54. The van der Waals surface area contributed by atoms with Crippen LogP contribution in [0.25, 0.3) is 0 Å². The first kappa shape index (κ1) is 10.4. The Labute approximate surface area is 86.6 Å². The van der Waals surface area contributed by atoms with Crippen LogP contribution in [-0.4, -0.2) is 23.9 Å². The molecule has 0 spiro atoms. The van der Waals surface area contributed by atoms with Crippen molar-refractivity contribution in [2.45, 2.75) is 63.1 Å². The molecule has 0 heterocycles. The minimum atomic E-state index is -0.113. The van der Waals surface area contributed by atoms with Crippen LogP contribution >= 0.6 is 0 Å². The quantitative estimate of drug-likeness (QED) is 0.752. The van der Waals surface area contributed by atoms with E-state index in [1.165, 1.54) is 32.1 Å². The van der Waals surface area contributed by atoms with E-state index in [0.717, 1.165) is 19.3 Å². The van der Waals surface area contributed by atoms with E-state index in [1.54, 1.807) is 7.11 Å². The van der Waals surface area contributed by atoms with Crippen LogP contribution < -0.4 is 0 Å². The average molecular weight is 198 g/mol. The van der Waals surface area contributed by atoms with Gasteiger partial charge in [-0.05, 0) is 38.0 Å².